The minimum absolute atomic E-state index is 0.116. The van der Waals surface area contributed by atoms with Crippen LogP contribution in [0.2, 0.25) is 0 Å². The van der Waals surface area contributed by atoms with Gasteiger partial charge < -0.3 is 4.57 Å². The summed E-state index contributed by atoms with van der Waals surface area (Å²) in [5.74, 6) is -0.595. The fourth-order valence-corrected chi connectivity index (χ4v) is 3.16. The van der Waals surface area contributed by atoms with Crippen LogP contribution in [0.15, 0.2) is 41.7 Å². The van der Waals surface area contributed by atoms with Crippen LogP contribution in [-0.2, 0) is 15.6 Å². The third-order valence-electron chi connectivity index (χ3n) is 2.81. The molecule has 102 valence electrons. The third-order valence-corrected chi connectivity index (χ3v) is 4.48. The molecule has 19 heavy (non-hydrogen) atoms. The van der Waals surface area contributed by atoms with E-state index in [-0.39, 0.29) is 16.7 Å². The van der Waals surface area contributed by atoms with E-state index < -0.39 is 15.7 Å². The highest BCUT2D eigenvalue weighted by Crippen LogP contribution is 2.18. The first kappa shape index (κ1) is 13.7. The lowest BCUT2D eigenvalue weighted by Crippen LogP contribution is -2.11. The number of benzene rings is 1. The second-order valence-electron chi connectivity index (χ2n) is 4.60. The monoisotopic (exact) mass is 282 g/mol. The molecular weight excluding hydrogens is 267 g/mol. The Hall–Kier alpha value is -1.69. The van der Waals surface area contributed by atoms with Crippen molar-refractivity contribution >= 4 is 9.84 Å². The topological polar surface area (TPSA) is 52.0 Å². The summed E-state index contributed by atoms with van der Waals surface area (Å²) in [5, 5.41) is 0. The van der Waals surface area contributed by atoms with Gasteiger partial charge in [-0.25, -0.2) is 17.8 Å². The highest BCUT2D eigenvalue weighted by Gasteiger charge is 2.18. The van der Waals surface area contributed by atoms with Crippen LogP contribution in [0.5, 0.6) is 0 Å². The molecule has 0 spiro atoms. The lowest BCUT2D eigenvalue weighted by Gasteiger charge is -2.12. The minimum Gasteiger partial charge on any atom is -0.331 e. The van der Waals surface area contributed by atoms with Crippen LogP contribution in [0, 0.1) is 5.82 Å². The Morgan fingerprint density at radius 3 is 2.47 bits per heavy atom. The van der Waals surface area contributed by atoms with Crippen LogP contribution in [0.3, 0.4) is 0 Å². The van der Waals surface area contributed by atoms with Crippen LogP contribution in [0.25, 0.3) is 0 Å². The van der Waals surface area contributed by atoms with Crippen molar-refractivity contribution in [1.82, 2.24) is 9.55 Å². The lowest BCUT2D eigenvalue weighted by molar-refractivity contribution is 0.570. The van der Waals surface area contributed by atoms with Crippen LogP contribution < -0.4 is 0 Å². The van der Waals surface area contributed by atoms with Crippen LogP contribution in [-0.4, -0.2) is 18.0 Å². The Kier molecular flexibility index (Phi) is 3.71. The van der Waals surface area contributed by atoms with E-state index in [1.807, 2.05) is 13.8 Å². The van der Waals surface area contributed by atoms with Crippen molar-refractivity contribution in [3.8, 4) is 0 Å². The zero-order valence-corrected chi connectivity index (χ0v) is 11.6. The number of imidazole rings is 1. The molecule has 1 aromatic carbocycles. The first-order chi connectivity index (χ1) is 8.90. The zero-order chi connectivity index (χ0) is 14.0. The molecule has 0 radical (unpaired) electrons. The summed E-state index contributed by atoms with van der Waals surface area (Å²) in [4.78, 5) is 4.09. The molecule has 0 saturated heterocycles. The van der Waals surface area contributed by atoms with Gasteiger partial charge in [0.05, 0.1) is 22.7 Å². The van der Waals surface area contributed by atoms with Crippen molar-refractivity contribution < 1.29 is 12.8 Å². The Balaban J connectivity index is 2.31. The summed E-state index contributed by atoms with van der Waals surface area (Å²) >= 11 is 0. The van der Waals surface area contributed by atoms with Gasteiger partial charge in [-0.05, 0) is 38.1 Å². The summed E-state index contributed by atoms with van der Waals surface area (Å²) in [5.41, 5.74) is 0.624. The van der Waals surface area contributed by atoms with Gasteiger partial charge in [0.15, 0.2) is 9.84 Å². The minimum atomic E-state index is -3.48. The highest BCUT2D eigenvalue weighted by molar-refractivity contribution is 7.90. The molecule has 0 atom stereocenters. The molecule has 0 aliphatic carbocycles. The molecule has 0 aliphatic heterocycles. The maximum absolute atomic E-state index is 12.8. The number of nitrogens with zero attached hydrogens (tertiary/aromatic N) is 2. The molecule has 2 aromatic rings. The van der Waals surface area contributed by atoms with E-state index >= 15 is 0 Å². The summed E-state index contributed by atoms with van der Waals surface area (Å²) in [6, 6.07) is 4.99. The van der Waals surface area contributed by atoms with Gasteiger partial charge in [0, 0.05) is 12.2 Å². The molecule has 0 saturated carbocycles. The average molecular weight is 282 g/mol. The molecule has 1 aromatic heterocycles. The fourth-order valence-electron chi connectivity index (χ4n) is 1.83. The Morgan fingerprint density at radius 1 is 1.26 bits per heavy atom. The van der Waals surface area contributed by atoms with Gasteiger partial charge in [0.1, 0.15) is 5.82 Å². The summed E-state index contributed by atoms with van der Waals surface area (Å²) in [6.07, 6.45) is 3.15. The molecule has 0 unspecified atom stereocenters. The van der Waals surface area contributed by atoms with E-state index in [1.165, 1.54) is 12.1 Å². The molecule has 0 fully saturated rings. The van der Waals surface area contributed by atoms with Crippen LogP contribution in [0.1, 0.15) is 25.6 Å². The van der Waals surface area contributed by atoms with E-state index in [9.17, 15) is 12.8 Å². The normalized spacial score (nSPS) is 12.0. The smallest absolute Gasteiger partial charge is 0.184 e. The predicted molar refractivity (Wildman–Crippen MR) is 69.9 cm³/mol. The molecule has 0 amide bonds. The van der Waals surface area contributed by atoms with Gasteiger partial charge in [-0.1, -0.05) is 0 Å². The maximum Gasteiger partial charge on any atom is 0.184 e. The summed E-state index contributed by atoms with van der Waals surface area (Å²) < 4.78 is 39.1. The largest absolute Gasteiger partial charge is 0.331 e. The van der Waals surface area contributed by atoms with Crippen molar-refractivity contribution in [2.45, 2.75) is 30.5 Å². The average Bonchev–Trinajstić information content (AvgIpc) is 2.77. The number of sulfone groups is 1. The molecule has 2 rings (SSSR count). The first-order valence-electron chi connectivity index (χ1n) is 5.89. The van der Waals surface area contributed by atoms with E-state index in [1.54, 1.807) is 17.1 Å². The predicted octanol–water partition coefficient (Wildman–Crippen LogP) is 2.58. The summed E-state index contributed by atoms with van der Waals surface area (Å²) in [6.45, 7) is 3.91. The van der Waals surface area contributed by atoms with E-state index in [0.717, 1.165) is 12.1 Å². The molecular formula is C13H15FN2O2S. The second kappa shape index (κ2) is 5.13. The SMILES string of the molecule is CC(C)n1cncc1CS(=O)(=O)c1ccc(F)cc1. The van der Waals surface area contributed by atoms with Crippen molar-refractivity contribution in [2.75, 3.05) is 0 Å². The van der Waals surface area contributed by atoms with Gasteiger partial charge in [-0.15, -0.1) is 0 Å². The summed E-state index contributed by atoms with van der Waals surface area (Å²) in [7, 11) is -3.48. The lowest BCUT2D eigenvalue weighted by atomic mass is 10.3. The standard InChI is InChI=1S/C13H15FN2O2S/c1-10(2)16-9-15-7-12(16)8-19(17,18)13-5-3-11(14)4-6-13/h3-7,9-10H,8H2,1-2H3. The molecule has 0 bridgehead atoms. The van der Waals surface area contributed by atoms with E-state index in [2.05, 4.69) is 4.98 Å². The van der Waals surface area contributed by atoms with E-state index in [0.29, 0.717) is 5.69 Å². The van der Waals surface area contributed by atoms with Crippen molar-refractivity contribution in [2.24, 2.45) is 0 Å². The van der Waals surface area contributed by atoms with Gasteiger partial charge in [-0.2, -0.15) is 0 Å². The van der Waals surface area contributed by atoms with Gasteiger partial charge in [0.25, 0.3) is 0 Å². The fraction of sp³-hybridized carbons (Fsp3) is 0.308. The van der Waals surface area contributed by atoms with Crippen molar-refractivity contribution in [3.63, 3.8) is 0 Å². The van der Waals surface area contributed by atoms with E-state index in [4.69, 9.17) is 0 Å². The number of aromatic nitrogens is 2. The Labute approximate surface area is 111 Å². The van der Waals surface area contributed by atoms with Gasteiger partial charge >= 0.3 is 0 Å². The Bertz CT molecular complexity index is 660. The number of hydrogen-bond acceptors (Lipinski definition) is 3. The molecule has 6 heteroatoms. The second-order valence-corrected chi connectivity index (χ2v) is 6.59. The number of halogens is 1. The highest BCUT2D eigenvalue weighted by atomic mass is 32.2. The molecule has 4 nitrogen and oxygen atoms in total. The van der Waals surface area contributed by atoms with Crippen molar-refractivity contribution in [3.05, 3.63) is 48.3 Å². The van der Waals surface area contributed by atoms with Gasteiger partial charge in [-0.3, -0.25) is 0 Å². The maximum atomic E-state index is 12.8. The molecule has 1 heterocycles. The number of rotatable bonds is 4. The molecule has 0 N–H and O–H groups in total. The third kappa shape index (κ3) is 3.01. The van der Waals surface area contributed by atoms with Crippen molar-refractivity contribution in [1.29, 1.82) is 0 Å². The van der Waals surface area contributed by atoms with Crippen LogP contribution >= 0.6 is 0 Å². The number of hydrogen-bond donors (Lipinski definition) is 0. The van der Waals surface area contributed by atoms with Gasteiger partial charge in [0.2, 0.25) is 0 Å². The molecule has 0 aliphatic rings. The first-order valence-corrected chi connectivity index (χ1v) is 7.54. The Morgan fingerprint density at radius 2 is 1.89 bits per heavy atom. The van der Waals surface area contributed by atoms with Crippen LogP contribution in [0.4, 0.5) is 4.39 Å². The quantitative estimate of drug-likeness (QED) is 0.810. The zero-order valence-electron chi connectivity index (χ0n) is 10.7.